The Morgan fingerprint density at radius 2 is 2.08 bits per heavy atom. The van der Waals surface area contributed by atoms with Crippen LogP contribution in [0.25, 0.3) is 11.2 Å². The maximum atomic E-state index is 10.5. The molecule has 4 atom stereocenters. The van der Waals surface area contributed by atoms with Crippen LogP contribution >= 0.6 is 20.0 Å². The van der Waals surface area contributed by atoms with Gasteiger partial charge in [0.25, 0.3) is 0 Å². The third-order valence-electron chi connectivity index (χ3n) is 3.47. The average molecular weight is 423 g/mol. The fraction of sp³-hybridized carbons (Fsp3) is 0.500. The number of phosphoric acid groups is 1. The van der Waals surface area contributed by atoms with Gasteiger partial charge in [0.05, 0.1) is 20.8 Å². The van der Waals surface area contributed by atoms with Crippen LogP contribution in [0.1, 0.15) is 6.23 Å². The topological polar surface area (TPSA) is 195 Å². The van der Waals surface area contributed by atoms with Crippen molar-refractivity contribution in [1.29, 1.82) is 0 Å². The number of nitrogens with two attached hydrogens (primary N) is 1. The fourth-order valence-electron chi connectivity index (χ4n) is 2.41. The van der Waals surface area contributed by atoms with E-state index in [1.54, 1.807) is 0 Å². The number of aliphatic hydroxyl groups excluding tert-OH is 2. The summed E-state index contributed by atoms with van der Waals surface area (Å²) >= 11 is 5.03. The van der Waals surface area contributed by atoms with Crippen LogP contribution in [-0.4, -0.2) is 54.7 Å². The van der Waals surface area contributed by atoms with E-state index in [1.165, 1.54) is 10.9 Å². The van der Waals surface area contributed by atoms with Gasteiger partial charge in [0.1, 0.15) is 29.5 Å². The van der Waals surface area contributed by atoms with Crippen molar-refractivity contribution in [1.82, 2.24) is 19.5 Å². The first-order chi connectivity index (χ1) is 11.2. The van der Waals surface area contributed by atoms with E-state index in [0.29, 0.717) is 11.2 Å². The number of nitrogen functional groups attached to an aromatic ring is 1. The van der Waals surface area contributed by atoms with Gasteiger partial charge in [0.2, 0.25) is 0 Å². The molecule has 5 N–H and O–H groups in total. The number of aromatic amines is 1. The fourth-order valence-corrected chi connectivity index (χ4v) is 2.98. The number of phosphoric ester groups is 1. The molecule has 16 heteroatoms. The van der Waals surface area contributed by atoms with Gasteiger partial charge in [0, 0.05) is 0 Å². The van der Waals surface area contributed by atoms with Crippen LogP contribution in [0.15, 0.2) is 6.33 Å². The van der Waals surface area contributed by atoms with E-state index in [9.17, 15) is 24.6 Å². The minimum Gasteiger partial charge on any atom is -0.790 e. The summed E-state index contributed by atoms with van der Waals surface area (Å²) < 4.78 is 21.5. The number of rotatable bonds is 4. The second kappa shape index (κ2) is 9.37. The van der Waals surface area contributed by atoms with Crippen molar-refractivity contribution in [3.63, 3.8) is 0 Å². The van der Waals surface area contributed by atoms with E-state index < -0.39 is 39.0 Å². The number of aromatic nitrogens is 4. The molecular weight excluding hydrogens is 411 g/mol. The molecule has 0 aliphatic carbocycles. The number of fused-ring (bicyclic) bond motifs is 1. The molecule has 12 nitrogen and oxygen atoms in total. The van der Waals surface area contributed by atoms with Gasteiger partial charge in [-0.2, -0.15) is 0 Å². The van der Waals surface area contributed by atoms with Gasteiger partial charge in [-0.05, 0) is 0 Å². The first kappa shape index (κ1) is 24.6. The van der Waals surface area contributed by atoms with Gasteiger partial charge >= 0.3 is 59.1 Å². The van der Waals surface area contributed by atoms with Gasteiger partial charge in [-0.15, -0.1) is 0 Å². The van der Waals surface area contributed by atoms with Gasteiger partial charge < -0.3 is 44.5 Å². The number of imidazole rings is 1. The number of hydrogen-bond donors (Lipinski definition) is 4. The molecular formula is C10H12N5Na2O7PS. The molecule has 0 saturated carbocycles. The van der Waals surface area contributed by atoms with Crippen molar-refractivity contribution >= 4 is 37.2 Å². The van der Waals surface area contributed by atoms with E-state index in [0.717, 1.165) is 0 Å². The molecule has 3 heterocycles. The number of nitrogens with zero attached hydrogens (tertiary/aromatic N) is 3. The molecule has 1 fully saturated rings. The predicted molar refractivity (Wildman–Crippen MR) is 76.6 cm³/mol. The van der Waals surface area contributed by atoms with Crippen LogP contribution in [0.4, 0.5) is 5.95 Å². The number of aliphatic hydroxyl groups is 2. The van der Waals surface area contributed by atoms with Crippen LogP contribution in [0.2, 0.25) is 0 Å². The third kappa shape index (κ3) is 5.13. The summed E-state index contributed by atoms with van der Waals surface area (Å²) in [6.45, 7) is -0.731. The number of nitrogens with one attached hydrogen (secondary N) is 1. The van der Waals surface area contributed by atoms with Gasteiger partial charge in [-0.25, -0.2) is 9.97 Å². The molecule has 3 rings (SSSR count). The largest absolute Gasteiger partial charge is 1.00 e. The molecule has 26 heavy (non-hydrogen) atoms. The van der Waals surface area contributed by atoms with Crippen molar-refractivity contribution in [2.75, 3.05) is 12.3 Å². The van der Waals surface area contributed by atoms with Crippen LogP contribution in [0.5, 0.6) is 0 Å². The maximum absolute atomic E-state index is 10.5. The first-order valence-corrected chi connectivity index (χ1v) is 8.45. The Morgan fingerprint density at radius 1 is 1.42 bits per heavy atom. The molecule has 0 spiro atoms. The quantitative estimate of drug-likeness (QED) is 0.207. The maximum Gasteiger partial charge on any atom is 1.00 e. The smallest absolute Gasteiger partial charge is 0.790 e. The minimum absolute atomic E-state index is 0. The van der Waals surface area contributed by atoms with Crippen LogP contribution < -0.4 is 74.6 Å². The van der Waals surface area contributed by atoms with Gasteiger partial charge in [0.15, 0.2) is 16.8 Å². The summed E-state index contributed by atoms with van der Waals surface area (Å²) in [5, 5.41) is 20.1. The van der Waals surface area contributed by atoms with Crippen LogP contribution in [0.3, 0.4) is 0 Å². The summed E-state index contributed by atoms with van der Waals surface area (Å²) in [6.07, 6.45) is -4.01. The number of H-pyrrole nitrogens is 1. The standard InChI is InChI=1S/C10H14N5O7PS.2Na/c11-10-13-7-4(8(24)14-10)12-2-15(7)9-6(17)5(16)3(22-9)1-21-23(18,19)20;;/h2-3,5-6,9,16-17H,1H2,(H2,18,19,20)(H3,11,13,14,24);;/q;2*+1/p-2/t3-,5?,6+,9-;;/m1../s1. The summed E-state index contributed by atoms with van der Waals surface area (Å²) in [6, 6.07) is 0. The van der Waals surface area contributed by atoms with Crippen molar-refractivity contribution < 1.29 is 92.9 Å². The Morgan fingerprint density at radius 3 is 2.69 bits per heavy atom. The van der Waals surface area contributed by atoms with Gasteiger partial charge in [-0.1, -0.05) is 12.2 Å². The Kier molecular flexibility index (Phi) is 8.87. The minimum atomic E-state index is -5.23. The van der Waals surface area contributed by atoms with Crippen LogP contribution in [0, 0.1) is 4.64 Å². The Labute approximate surface area is 195 Å². The average Bonchev–Trinajstić information content (AvgIpc) is 3.00. The molecule has 132 valence electrons. The summed E-state index contributed by atoms with van der Waals surface area (Å²) in [7, 11) is -5.23. The zero-order valence-corrected chi connectivity index (χ0v) is 19.5. The van der Waals surface area contributed by atoms with E-state index in [1.807, 2.05) is 0 Å². The Hall–Kier alpha value is 0.560. The van der Waals surface area contributed by atoms with E-state index >= 15 is 0 Å². The van der Waals surface area contributed by atoms with E-state index in [4.69, 9.17) is 22.7 Å². The molecule has 1 unspecified atom stereocenters. The normalized spacial score (nSPS) is 25.7. The van der Waals surface area contributed by atoms with E-state index in [-0.39, 0.29) is 69.7 Å². The van der Waals surface area contributed by atoms with Crippen molar-refractivity contribution in [3.8, 4) is 0 Å². The molecule has 1 aliphatic heterocycles. The van der Waals surface area contributed by atoms with Gasteiger partial charge in [-0.3, -0.25) is 4.57 Å². The second-order valence-corrected chi connectivity index (χ2v) is 6.60. The molecule has 1 aliphatic rings. The zero-order chi connectivity index (χ0) is 17.6. The molecule has 2 aromatic heterocycles. The van der Waals surface area contributed by atoms with Crippen molar-refractivity contribution in [2.24, 2.45) is 0 Å². The summed E-state index contributed by atoms with van der Waals surface area (Å²) in [5.74, 6) is 0.0146. The van der Waals surface area contributed by atoms with Crippen molar-refractivity contribution in [2.45, 2.75) is 24.5 Å². The predicted octanol–water partition coefficient (Wildman–Crippen LogP) is -8.46. The molecule has 0 bridgehead atoms. The second-order valence-electron chi connectivity index (χ2n) is 5.07. The summed E-state index contributed by atoms with van der Waals surface area (Å²) in [5.41, 5.74) is 6.18. The van der Waals surface area contributed by atoms with E-state index in [2.05, 4.69) is 19.5 Å². The third-order valence-corrected chi connectivity index (χ3v) is 4.22. The number of hydrogen-bond acceptors (Lipinski definition) is 11. The SMILES string of the molecule is Nc1nc(=S)c2ncn([C@@H]3O[C@H](COP(=O)([O-])[O-])C(O)[C@@H]3O)c2[nH]1.[Na+].[Na+]. The Bertz CT molecular complexity index is 875. The van der Waals surface area contributed by atoms with Crippen molar-refractivity contribution in [3.05, 3.63) is 11.0 Å². The van der Waals surface area contributed by atoms with Crippen LogP contribution in [-0.2, 0) is 13.8 Å². The number of anilines is 1. The Balaban J connectivity index is 0.00000169. The monoisotopic (exact) mass is 423 g/mol. The summed E-state index contributed by atoms with van der Waals surface area (Å²) in [4.78, 5) is 31.7. The molecule has 0 radical (unpaired) electrons. The zero-order valence-electron chi connectivity index (χ0n) is 13.8. The molecule has 0 aromatic carbocycles. The first-order valence-electron chi connectivity index (χ1n) is 6.58. The molecule has 2 aromatic rings. The molecule has 0 amide bonds. The molecule has 1 saturated heterocycles. The number of ether oxygens (including phenoxy) is 1.